The summed E-state index contributed by atoms with van der Waals surface area (Å²) in [4.78, 5) is 50.7. The first-order valence-corrected chi connectivity index (χ1v) is 10.4. The molecule has 1 heterocycles. The van der Waals surface area contributed by atoms with Crippen LogP contribution in [0.5, 0.6) is 0 Å². The summed E-state index contributed by atoms with van der Waals surface area (Å²) in [5.74, 6) is -2.90. The Morgan fingerprint density at radius 3 is 2.23 bits per heavy atom. The molecule has 3 rings (SSSR count). The standard InChI is InChI=1S/C24H26N2O5/c27-20-16-24(23(30)31,25-22(29)19-13-7-3-8-14-19)26(17-20)21(28)15-9-2-6-12-18-10-4-1-5-11-18/h1,3-5,7-8,10-11,13-14H,2,6,9,12,15-17H2,(H,25,29)(H,30,31). The number of nitrogens with one attached hydrogen (secondary N) is 1. The van der Waals surface area contributed by atoms with Crippen LogP contribution in [0.3, 0.4) is 0 Å². The van der Waals surface area contributed by atoms with Crippen LogP contribution < -0.4 is 5.32 Å². The van der Waals surface area contributed by atoms with E-state index in [1.165, 1.54) is 5.56 Å². The molecule has 1 aliphatic rings. The number of nitrogens with zero attached hydrogens (tertiary/aromatic N) is 1. The number of amides is 2. The van der Waals surface area contributed by atoms with Gasteiger partial charge in [0.1, 0.15) is 0 Å². The molecule has 1 aliphatic heterocycles. The molecule has 7 heteroatoms. The van der Waals surface area contributed by atoms with Gasteiger partial charge in [0, 0.05) is 12.0 Å². The Labute approximate surface area is 181 Å². The van der Waals surface area contributed by atoms with Gasteiger partial charge in [0.15, 0.2) is 5.78 Å². The third-order valence-corrected chi connectivity index (χ3v) is 5.46. The van der Waals surface area contributed by atoms with Crippen LogP contribution in [-0.2, 0) is 20.8 Å². The zero-order valence-corrected chi connectivity index (χ0v) is 17.3. The molecule has 0 spiro atoms. The van der Waals surface area contributed by atoms with E-state index in [0.717, 1.165) is 24.2 Å². The normalized spacial score (nSPS) is 18.1. The van der Waals surface area contributed by atoms with Gasteiger partial charge in [-0.05, 0) is 37.0 Å². The molecule has 1 fully saturated rings. The van der Waals surface area contributed by atoms with Gasteiger partial charge >= 0.3 is 5.97 Å². The fraction of sp³-hybridized carbons (Fsp3) is 0.333. The van der Waals surface area contributed by atoms with Crippen molar-refractivity contribution in [2.24, 2.45) is 0 Å². The maximum Gasteiger partial charge on any atom is 0.351 e. The molecule has 1 saturated heterocycles. The van der Waals surface area contributed by atoms with Crippen molar-refractivity contribution in [1.29, 1.82) is 0 Å². The van der Waals surface area contributed by atoms with Crippen LogP contribution in [0.1, 0.15) is 48.0 Å². The summed E-state index contributed by atoms with van der Waals surface area (Å²) in [7, 11) is 0. The Morgan fingerprint density at radius 1 is 0.935 bits per heavy atom. The molecule has 0 aliphatic carbocycles. The van der Waals surface area contributed by atoms with Crippen molar-refractivity contribution in [1.82, 2.24) is 10.2 Å². The molecule has 0 saturated carbocycles. The number of carboxylic acids is 1. The second-order valence-electron chi connectivity index (χ2n) is 7.73. The Morgan fingerprint density at radius 2 is 1.58 bits per heavy atom. The monoisotopic (exact) mass is 422 g/mol. The highest BCUT2D eigenvalue weighted by molar-refractivity contribution is 6.04. The SMILES string of the molecule is O=C1CN(C(=O)CCCCCc2ccccc2)C(NC(=O)c2ccccc2)(C(=O)O)C1. The number of carboxylic acid groups (broad SMARTS) is 1. The van der Waals surface area contributed by atoms with Crippen molar-refractivity contribution in [3.63, 3.8) is 0 Å². The summed E-state index contributed by atoms with van der Waals surface area (Å²) in [6.07, 6.45) is 2.88. The summed E-state index contributed by atoms with van der Waals surface area (Å²) in [5, 5.41) is 12.3. The van der Waals surface area contributed by atoms with E-state index >= 15 is 0 Å². The second-order valence-corrected chi connectivity index (χ2v) is 7.73. The van der Waals surface area contributed by atoms with E-state index in [1.807, 2.05) is 18.2 Å². The predicted molar refractivity (Wildman–Crippen MR) is 114 cm³/mol. The van der Waals surface area contributed by atoms with E-state index in [1.54, 1.807) is 30.3 Å². The number of aryl methyl sites for hydroxylation is 1. The van der Waals surface area contributed by atoms with Gasteiger partial charge in [0.05, 0.1) is 13.0 Å². The summed E-state index contributed by atoms with van der Waals surface area (Å²) in [5.41, 5.74) is -0.561. The lowest BCUT2D eigenvalue weighted by atomic mass is 10.0. The number of ketones is 1. The lowest BCUT2D eigenvalue weighted by molar-refractivity contribution is -0.158. The minimum Gasteiger partial charge on any atom is -0.478 e. The maximum absolute atomic E-state index is 12.8. The lowest BCUT2D eigenvalue weighted by Gasteiger charge is -2.34. The van der Waals surface area contributed by atoms with Crippen LogP contribution in [0.4, 0.5) is 0 Å². The van der Waals surface area contributed by atoms with Crippen molar-refractivity contribution in [2.45, 2.75) is 44.2 Å². The van der Waals surface area contributed by atoms with Crippen molar-refractivity contribution < 1.29 is 24.3 Å². The summed E-state index contributed by atoms with van der Waals surface area (Å²) < 4.78 is 0. The van der Waals surface area contributed by atoms with E-state index in [2.05, 4.69) is 17.4 Å². The quantitative estimate of drug-likeness (QED) is 0.605. The molecular formula is C24H26N2O5. The lowest BCUT2D eigenvalue weighted by Crippen LogP contribution is -2.64. The van der Waals surface area contributed by atoms with Crippen LogP contribution in [0.15, 0.2) is 60.7 Å². The van der Waals surface area contributed by atoms with Crippen LogP contribution in [0.25, 0.3) is 0 Å². The molecule has 0 radical (unpaired) electrons. The van der Waals surface area contributed by atoms with E-state index in [-0.39, 0.29) is 18.5 Å². The molecule has 31 heavy (non-hydrogen) atoms. The zero-order chi connectivity index (χ0) is 22.3. The van der Waals surface area contributed by atoms with Crippen molar-refractivity contribution >= 4 is 23.6 Å². The Bertz CT molecular complexity index is 945. The summed E-state index contributed by atoms with van der Waals surface area (Å²) in [6.45, 7) is -0.315. The van der Waals surface area contributed by atoms with Crippen LogP contribution >= 0.6 is 0 Å². The second kappa shape index (κ2) is 10.0. The fourth-order valence-corrected chi connectivity index (χ4v) is 3.82. The van der Waals surface area contributed by atoms with E-state index in [4.69, 9.17) is 0 Å². The van der Waals surface area contributed by atoms with E-state index in [9.17, 15) is 24.3 Å². The van der Waals surface area contributed by atoms with E-state index < -0.39 is 35.7 Å². The van der Waals surface area contributed by atoms with Gasteiger partial charge < -0.3 is 15.3 Å². The Hall–Kier alpha value is -3.48. The van der Waals surface area contributed by atoms with Crippen molar-refractivity contribution in [3.8, 4) is 0 Å². The van der Waals surface area contributed by atoms with Crippen LogP contribution in [-0.4, -0.2) is 45.8 Å². The van der Waals surface area contributed by atoms with Crippen molar-refractivity contribution in [3.05, 3.63) is 71.8 Å². The molecule has 0 aromatic heterocycles. The number of benzene rings is 2. The van der Waals surface area contributed by atoms with Gasteiger partial charge in [0.25, 0.3) is 5.91 Å². The molecule has 0 bridgehead atoms. The largest absolute Gasteiger partial charge is 0.478 e. The van der Waals surface area contributed by atoms with Gasteiger partial charge in [-0.1, -0.05) is 55.0 Å². The minimum absolute atomic E-state index is 0.123. The van der Waals surface area contributed by atoms with Gasteiger partial charge in [-0.2, -0.15) is 0 Å². The first kappa shape index (κ1) is 22.2. The Kier molecular flexibility index (Phi) is 7.18. The molecule has 2 amide bonds. The summed E-state index contributed by atoms with van der Waals surface area (Å²) in [6, 6.07) is 18.2. The molecule has 7 nitrogen and oxygen atoms in total. The van der Waals surface area contributed by atoms with Gasteiger partial charge in [-0.15, -0.1) is 0 Å². The average Bonchev–Trinajstić information content (AvgIpc) is 3.12. The number of hydrogen-bond donors (Lipinski definition) is 2. The van der Waals surface area contributed by atoms with Crippen LogP contribution in [0, 0.1) is 0 Å². The van der Waals surface area contributed by atoms with Crippen LogP contribution in [0.2, 0.25) is 0 Å². The fourth-order valence-electron chi connectivity index (χ4n) is 3.82. The van der Waals surface area contributed by atoms with Gasteiger partial charge in [0.2, 0.25) is 11.6 Å². The molecule has 1 unspecified atom stereocenters. The molecule has 2 aromatic rings. The number of Topliss-reactive ketones (excluding diaryl/α,β-unsaturated/α-hetero) is 1. The number of likely N-dealkylation sites (tertiary alicyclic amines) is 1. The first-order chi connectivity index (χ1) is 14.9. The highest BCUT2D eigenvalue weighted by Crippen LogP contribution is 2.27. The molecule has 2 N–H and O–H groups in total. The zero-order valence-electron chi connectivity index (χ0n) is 17.3. The molecule has 1 atom stereocenters. The number of carbonyl (C=O) groups excluding carboxylic acids is 3. The highest BCUT2D eigenvalue weighted by Gasteiger charge is 2.54. The number of hydrogen-bond acceptors (Lipinski definition) is 4. The minimum atomic E-state index is -2.05. The number of aliphatic carboxylic acids is 1. The number of carbonyl (C=O) groups is 4. The number of rotatable bonds is 9. The van der Waals surface area contributed by atoms with E-state index in [0.29, 0.717) is 6.42 Å². The third kappa shape index (κ3) is 5.36. The molecule has 162 valence electrons. The van der Waals surface area contributed by atoms with Gasteiger partial charge in [-0.25, -0.2) is 4.79 Å². The molecule has 2 aromatic carbocycles. The number of unbranched alkanes of at least 4 members (excludes halogenated alkanes) is 2. The maximum atomic E-state index is 12.8. The predicted octanol–water partition coefficient (Wildman–Crippen LogP) is 2.80. The highest BCUT2D eigenvalue weighted by atomic mass is 16.4. The average molecular weight is 422 g/mol. The Balaban J connectivity index is 1.61. The van der Waals surface area contributed by atoms with Crippen molar-refractivity contribution in [2.75, 3.05) is 6.54 Å². The third-order valence-electron chi connectivity index (χ3n) is 5.46. The van der Waals surface area contributed by atoms with Gasteiger partial charge in [-0.3, -0.25) is 14.4 Å². The smallest absolute Gasteiger partial charge is 0.351 e. The summed E-state index contributed by atoms with van der Waals surface area (Å²) >= 11 is 0. The first-order valence-electron chi connectivity index (χ1n) is 10.4. The topological polar surface area (TPSA) is 104 Å². The molecular weight excluding hydrogens is 396 g/mol.